The van der Waals surface area contributed by atoms with E-state index in [2.05, 4.69) is 10.3 Å². The maximum Gasteiger partial charge on any atom is 0.322 e. The Kier molecular flexibility index (Phi) is 6.11. The molecule has 1 saturated heterocycles. The van der Waals surface area contributed by atoms with Crippen molar-refractivity contribution in [3.63, 3.8) is 0 Å². The largest absolute Gasteiger partial charge is 0.486 e. The minimum atomic E-state index is -0.311. The van der Waals surface area contributed by atoms with Crippen molar-refractivity contribution in [2.24, 2.45) is 0 Å². The summed E-state index contributed by atoms with van der Waals surface area (Å²) in [5.41, 5.74) is 1.50. The summed E-state index contributed by atoms with van der Waals surface area (Å²) in [5.74, 6) is 1.25. The van der Waals surface area contributed by atoms with Crippen LogP contribution in [0.1, 0.15) is 18.4 Å². The van der Waals surface area contributed by atoms with Crippen LogP contribution in [-0.2, 0) is 11.3 Å². The van der Waals surface area contributed by atoms with Crippen LogP contribution in [0.25, 0.3) is 10.9 Å². The number of H-pyrrole nitrogens is 1. The zero-order valence-corrected chi connectivity index (χ0v) is 18.7. The van der Waals surface area contributed by atoms with E-state index in [0.29, 0.717) is 59.7 Å². The van der Waals surface area contributed by atoms with E-state index in [9.17, 15) is 9.59 Å². The van der Waals surface area contributed by atoms with Gasteiger partial charge in [0.2, 0.25) is 0 Å². The van der Waals surface area contributed by atoms with Crippen molar-refractivity contribution in [2.75, 3.05) is 31.7 Å². The molecule has 0 spiro atoms. The van der Waals surface area contributed by atoms with E-state index >= 15 is 0 Å². The molecule has 172 valence electrons. The van der Waals surface area contributed by atoms with Crippen LogP contribution in [-0.4, -0.2) is 48.4 Å². The van der Waals surface area contributed by atoms with Crippen molar-refractivity contribution in [2.45, 2.75) is 25.5 Å². The van der Waals surface area contributed by atoms with E-state index in [0.717, 1.165) is 18.2 Å². The van der Waals surface area contributed by atoms with E-state index in [4.69, 9.17) is 25.8 Å². The molecule has 9 heteroatoms. The molecule has 0 saturated carbocycles. The molecule has 0 aliphatic carbocycles. The van der Waals surface area contributed by atoms with Crippen molar-refractivity contribution in [1.29, 1.82) is 0 Å². The molecular weight excluding hydrogens is 446 g/mol. The first kappa shape index (κ1) is 21.6. The van der Waals surface area contributed by atoms with Crippen molar-refractivity contribution < 1.29 is 19.0 Å². The number of aromatic amines is 1. The van der Waals surface area contributed by atoms with Crippen molar-refractivity contribution >= 4 is 34.2 Å². The number of aromatic nitrogens is 1. The van der Waals surface area contributed by atoms with Crippen molar-refractivity contribution in [1.82, 2.24) is 9.88 Å². The van der Waals surface area contributed by atoms with Gasteiger partial charge in [0, 0.05) is 40.9 Å². The number of nitrogens with zero attached hydrogens (tertiary/aromatic N) is 1. The zero-order valence-electron chi connectivity index (χ0n) is 17.9. The third-order valence-corrected chi connectivity index (χ3v) is 6.03. The lowest BCUT2D eigenvalue weighted by molar-refractivity contribution is 0.0818. The molecule has 1 atom stereocenters. The highest BCUT2D eigenvalue weighted by molar-refractivity contribution is 6.30. The normalized spacial score (nSPS) is 17.2. The lowest BCUT2D eigenvalue weighted by Gasteiger charge is -2.26. The summed E-state index contributed by atoms with van der Waals surface area (Å²) < 4.78 is 17.0. The van der Waals surface area contributed by atoms with Gasteiger partial charge in [-0.15, -0.1) is 0 Å². The van der Waals surface area contributed by atoms with Gasteiger partial charge in [-0.3, -0.25) is 4.79 Å². The number of hydrogen-bond acceptors (Lipinski definition) is 5. The molecule has 2 aliphatic heterocycles. The van der Waals surface area contributed by atoms with Crippen molar-refractivity contribution in [3.05, 3.63) is 63.4 Å². The fraction of sp³-hybridized carbons (Fsp3) is 0.333. The van der Waals surface area contributed by atoms with Crippen LogP contribution < -0.4 is 20.3 Å². The maximum absolute atomic E-state index is 13.1. The Bertz CT molecular complexity index is 1220. The third-order valence-electron chi connectivity index (χ3n) is 5.78. The Morgan fingerprint density at radius 2 is 1.85 bits per heavy atom. The predicted molar refractivity (Wildman–Crippen MR) is 125 cm³/mol. The molecule has 5 rings (SSSR count). The smallest absolute Gasteiger partial charge is 0.322 e. The van der Waals surface area contributed by atoms with Gasteiger partial charge >= 0.3 is 6.03 Å². The molecular formula is C24H24ClN3O5. The number of ether oxygens (including phenoxy) is 3. The molecule has 1 fully saturated rings. The topological polar surface area (TPSA) is 92.9 Å². The van der Waals surface area contributed by atoms with Gasteiger partial charge in [0.15, 0.2) is 11.5 Å². The monoisotopic (exact) mass is 469 g/mol. The number of rotatable bonds is 5. The second-order valence-corrected chi connectivity index (χ2v) is 8.60. The number of carbonyl (C=O) groups is 1. The number of anilines is 1. The number of hydrogen-bond donors (Lipinski definition) is 2. The minimum Gasteiger partial charge on any atom is -0.486 e. The number of halogens is 1. The van der Waals surface area contributed by atoms with E-state index in [1.54, 1.807) is 41.3 Å². The summed E-state index contributed by atoms with van der Waals surface area (Å²) in [6, 6.07) is 12.0. The van der Waals surface area contributed by atoms with Crippen LogP contribution in [0.4, 0.5) is 10.5 Å². The van der Waals surface area contributed by atoms with Crippen LogP contribution >= 0.6 is 11.6 Å². The summed E-state index contributed by atoms with van der Waals surface area (Å²) in [5, 5.41) is 4.28. The number of pyridine rings is 1. The molecule has 3 aromatic rings. The lowest BCUT2D eigenvalue weighted by Crippen LogP contribution is -2.40. The average molecular weight is 470 g/mol. The summed E-state index contributed by atoms with van der Waals surface area (Å²) in [6.45, 7) is 2.16. The van der Waals surface area contributed by atoms with E-state index < -0.39 is 0 Å². The molecule has 3 heterocycles. The molecule has 2 aliphatic rings. The molecule has 8 nitrogen and oxygen atoms in total. The first-order valence-corrected chi connectivity index (χ1v) is 11.3. The van der Waals surface area contributed by atoms with Gasteiger partial charge in [-0.25, -0.2) is 4.79 Å². The van der Waals surface area contributed by atoms with Crippen LogP contribution in [0.2, 0.25) is 5.02 Å². The molecule has 1 aromatic heterocycles. The van der Waals surface area contributed by atoms with Gasteiger partial charge in [-0.2, -0.15) is 0 Å². The summed E-state index contributed by atoms with van der Waals surface area (Å²) >= 11 is 5.95. The standard InChI is InChI=1S/C24H24ClN3O5/c25-17-3-5-18(6-4-17)26-24(30)28(14-19-2-1-7-31-19)13-16-10-15-11-21-22(33-9-8-32-21)12-20(15)27-23(16)29/h3-6,10-12,19H,1-2,7-9,13-14H2,(H,26,30)(H,27,29)/t19-/m1/s1. The Morgan fingerprint density at radius 1 is 1.09 bits per heavy atom. The Balaban J connectivity index is 1.42. The van der Waals surface area contributed by atoms with Gasteiger partial charge in [0.25, 0.3) is 5.56 Å². The molecule has 2 N–H and O–H groups in total. The molecule has 2 aromatic carbocycles. The van der Waals surface area contributed by atoms with Gasteiger partial charge in [0.1, 0.15) is 13.2 Å². The number of benzene rings is 2. The molecule has 0 bridgehead atoms. The summed E-state index contributed by atoms with van der Waals surface area (Å²) in [6.07, 6.45) is 1.78. The lowest BCUT2D eigenvalue weighted by atomic mass is 10.1. The van der Waals surface area contributed by atoms with E-state index in [1.807, 2.05) is 6.07 Å². The van der Waals surface area contributed by atoms with Crippen LogP contribution in [0, 0.1) is 0 Å². The number of carbonyl (C=O) groups excluding carboxylic acids is 1. The van der Waals surface area contributed by atoms with Gasteiger partial charge in [-0.05, 0) is 49.2 Å². The maximum atomic E-state index is 13.1. The second-order valence-electron chi connectivity index (χ2n) is 8.16. The van der Waals surface area contributed by atoms with Gasteiger partial charge < -0.3 is 29.4 Å². The van der Waals surface area contributed by atoms with Crippen LogP contribution in [0.5, 0.6) is 11.5 Å². The molecule has 0 radical (unpaired) electrons. The van der Waals surface area contributed by atoms with Gasteiger partial charge in [0.05, 0.1) is 18.2 Å². The first-order valence-electron chi connectivity index (χ1n) is 10.9. The first-order chi connectivity index (χ1) is 16.0. The third kappa shape index (κ3) is 4.91. The summed E-state index contributed by atoms with van der Waals surface area (Å²) in [4.78, 5) is 30.5. The van der Waals surface area contributed by atoms with Crippen molar-refractivity contribution in [3.8, 4) is 11.5 Å². The second kappa shape index (κ2) is 9.33. The number of nitrogens with one attached hydrogen (secondary N) is 2. The van der Waals surface area contributed by atoms with E-state index in [-0.39, 0.29) is 24.2 Å². The van der Waals surface area contributed by atoms with Crippen LogP contribution in [0.3, 0.4) is 0 Å². The fourth-order valence-electron chi connectivity index (χ4n) is 4.10. The highest BCUT2D eigenvalue weighted by Crippen LogP contribution is 2.33. The average Bonchev–Trinajstić information content (AvgIpc) is 3.32. The fourth-order valence-corrected chi connectivity index (χ4v) is 4.23. The molecule has 2 amide bonds. The zero-order chi connectivity index (χ0) is 22.8. The Morgan fingerprint density at radius 3 is 2.58 bits per heavy atom. The SMILES string of the molecule is O=C(Nc1ccc(Cl)cc1)N(Cc1cc2cc3c(cc2[nH]c1=O)OCCO3)C[C@H]1CCCO1. The number of urea groups is 1. The summed E-state index contributed by atoms with van der Waals surface area (Å²) in [7, 11) is 0. The Hall–Kier alpha value is -3.23. The quantitative estimate of drug-likeness (QED) is 0.585. The van der Waals surface area contributed by atoms with E-state index in [1.165, 1.54) is 0 Å². The molecule has 0 unspecified atom stereocenters. The van der Waals surface area contributed by atoms with Crippen LogP contribution in [0.15, 0.2) is 47.3 Å². The number of amides is 2. The molecule has 33 heavy (non-hydrogen) atoms. The predicted octanol–water partition coefficient (Wildman–Crippen LogP) is 4.17. The number of fused-ring (bicyclic) bond motifs is 2. The minimum absolute atomic E-state index is 0.0573. The van der Waals surface area contributed by atoms with Gasteiger partial charge in [-0.1, -0.05) is 11.6 Å². The highest BCUT2D eigenvalue weighted by Gasteiger charge is 2.24. The highest BCUT2D eigenvalue weighted by atomic mass is 35.5. The Labute approximate surface area is 195 Å².